The second-order valence-electron chi connectivity index (χ2n) is 5.37. The zero-order valence-electron chi connectivity index (χ0n) is 12.3. The maximum Gasteiger partial charge on any atom is 0.586 e. The van der Waals surface area contributed by atoms with E-state index in [4.69, 9.17) is 0 Å². The molecule has 6 nitrogen and oxygen atoms in total. The van der Waals surface area contributed by atoms with Crippen LogP contribution in [0.25, 0.3) is 0 Å². The molecule has 1 aliphatic rings. The number of halogens is 2. The van der Waals surface area contributed by atoms with E-state index in [2.05, 4.69) is 14.6 Å². The van der Waals surface area contributed by atoms with Gasteiger partial charge in [0.15, 0.2) is 11.5 Å². The van der Waals surface area contributed by atoms with Gasteiger partial charge in [-0.25, -0.2) is 9.48 Å². The molecule has 0 amide bonds. The predicted molar refractivity (Wildman–Crippen MR) is 73.4 cm³/mol. The minimum absolute atomic E-state index is 0.0375. The standard InChI is InChI=1S/C14H15F2N3O3/c1-8(2)19-13(20)18(9(3)17-19)7-10-5-4-6-11-12(10)22-14(15,16)21-11/h4-6,8H,7H2,1-3H3. The number of fused-ring (bicyclic) bond motifs is 1. The fourth-order valence-electron chi connectivity index (χ4n) is 2.35. The fourth-order valence-corrected chi connectivity index (χ4v) is 2.35. The third kappa shape index (κ3) is 2.34. The van der Waals surface area contributed by atoms with Gasteiger partial charge in [0.25, 0.3) is 0 Å². The number of para-hydroxylation sites is 1. The zero-order chi connectivity index (χ0) is 16.1. The van der Waals surface area contributed by atoms with E-state index in [1.165, 1.54) is 15.3 Å². The second-order valence-corrected chi connectivity index (χ2v) is 5.37. The Hall–Kier alpha value is -2.38. The highest BCUT2D eigenvalue weighted by molar-refractivity contribution is 5.48. The summed E-state index contributed by atoms with van der Waals surface area (Å²) in [5.74, 6) is 0.419. The summed E-state index contributed by atoms with van der Waals surface area (Å²) < 4.78 is 38.1. The van der Waals surface area contributed by atoms with Gasteiger partial charge in [0.1, 0.15) is 5.82 Å². The second kappa shape index (κ2) is 4.82. The first-order valence-corrected chi connectivity index (χ1v) is 6.82. The molecule has 1 aliphatic heterocycles. The van der Waals surface area contributed by atoms with Crippen molar-refractivity contribution in [1.29, 1.82) is 0 Å². The minimum Gasteiger partial charge on any atom is -0.395 e. The quantitative estimate of drug-likeness (QED) is 0.873. The van der Waals surface area contributed by atoms with Gasteiger partial charge < -0.3 is 9.47 Å². The van der Waals surface area contributed by atoms with Crippen LogP contribution in [-0.4, -0.2) is 20.6 Å². The Morgan fingerprint density at radius 1 is 1.32 bits per heavy atom. The largest absolute Gasteiger partial charge is 0.586 e. The number of benzene rings is 1. The van der Waals surface area contributed by atoms with E-state index < -0.39 is 6.29 Å². The molecule has 118 valence electrons. The molecule has 0 N–H and O–H groups in total. The molecule has 1 aromatic heterocycles. The van der Waals surface area contributed by atoms with Crippen LogP contribution in [0, 0.1) is 6.92 Å². The van der Waals surface area contributed by atoms with Gasteiger partial charge in [0, 0.05) is 5.56 Å². The molecule has 0 saturated heterocycles. The van der Waals surface area contributed by atoms with Gasteiger partial charge in [0.2, 0.25) is 0 Å². The SMILES string of the molecule is Cc1nn(C(C)C)c(=O)n1Cc1cccc2c1OC(F)(F)O2. The molecule has 0 spiro atoms. The molecule has 3 rings (SSSR count). The number of hydrogen-bond donors (Lipinski definition) is 0. The van der Waals surface area contributed by atoms with Crippen molar-refractivity contribution in [1.82, 2.24) is 14.3 Å². The predicted octanol–water partition coefficient (Wildman–Crippen LogP) is 2.30. The summed E-state index contributed by atoms with van der Waals surface area (Å²) in [5.41, 5.74) is 0.138. The monoisotopic (exact) mass is 311 g/mol. The molecule has 2 heterocycles. The third-order valence-corrected chi connectivity index (χ3v) is 3.40. The molecule has 0 unspecified atom stereocenters. The molecule has 8 heteroatoms. The fraction of sp³-hybridized carbons (Fsp3) is 0.429. The van der Waals surface area contributed by atoms with E-state index in [-0.39, 0.29) is 29.8 Å². The van der Waals surface area contributed by atoms with E-state index in [9.17, 15) is 13.6 Å². The summed E-state index contributed by atoms with van der Waals surface area (Å²) in [6.07, 6.45) is -3.68. The van der Waals surface area contributed by atoms with Crippen molar-refractivity contribution >= 4 is 0 Å². The van der Waals surface area contributed by atoms with Crippen LogP contribution in [0.5, 0.6) is 11.5 Å². The molecule has 1 aromatic carbocycles. The van der Waals surface area contributed by atoms with Crippen LogP contribution in [0.15, 0.2) is 23.0 Å². The van der Waals surface area contributed by atoms with Crippen LogP contribution < -0.4 is 15.2 Å². The Morgan fingerprint density at radius 2 is 2.05 bits per heavy atom. The molecule has 0 saturated carbocycles. The Kier molecular flexibility index (Phi) is 3.19. The first kappa shape index (κ1) is 14.6. The van der Waals surface area contributed by atoms with Crippen LogP contribution in [0.3, 0.4) is 0 Å². The van der Waals surface area contributed by atoms with E-state index in [0.29, 0.717) is 11.4 Å². The normalized spacial score (nSPS) is 15.5. The van der Waals surface area contributed by atoms with Crippen LogP contribution >= 0.6 is 0 Å². The van der Waals surface area contributed by atoms with Crippen molar-refractivity contribution in [2.75, 3.05) is 0 Å². The molecule has 0 fully saturated rings. The molecule has 0 radical (unpaired) electrons. The number of alkyl halides is 2. The number of rotatable bonds is 3. The maximum absolute atomic E-state index is 13.2. The average Bonchev–Trinajstić information content (AvgIpc) is 2.88. The Labute approximate surface area is 124 Å². The topological polar surface area (TPSA) is 58.3 Å². The molecular formula is C14H15F2N3O3. The lowest BCUT2D eigenvalue weighted by Gasteiger charge is -2.08. The third-order valence-electron chi connectivity index (χ3n) is 3.40. The first-order chi connectivity index (χ1) is 10.3. The molecule has 2 aromatic rings. The van der Waals surface area contributed by atoms with Crippen molar-refractivity contribution in [2.24, 2.45) is 0 Å². The summed E-state index contributed by atoms with van der Waals surface area (Å²) in [6.45, 7) is 5.46. The van der Waals surface area contributed by atoms with Gasteiger partial charge in [-0.1, -0.05) is 12.1 Å². The summed E-state index contributed by atoms with van der Waals surface area (Å²) in [5, 5.41) is 4.17. The molecule has 0 atom stereocenters. The van der Waals surface area contributed by atoms with Gasteiger partial charge in [-0.15, -0.1) is 8.78 Å². The van der Waals surface area contributed by atoms with Gasteiger partial charge in [-0.2, -0.15) is 5.10 Å². The van der Waals surface area contributed by atoms with E-state index in [1.54, 1.807) is 19.1 Å². The number of nitrogens with zero attached hydrogens (tertiary/aromatic N) is 3. The minimum atomic E-state index is -3.68. The Balaban J connectivity index is 2.00. The lowest BCUT2D eigenvalue weighted by atomic mass is 10.2. The summed E-state index contributed by atoms with van der Waals surface area (Å²) in [4.78, 5) is 12.3. The van der Waals surface area contributed by atoms with Crippen molar-refractivity contribution in [2.45, 2.75) is 39.7 Å². The van der Waals surface area contributed by atoms with Crippen molar-refractivity contribution < 1.29 is 18.3 Å². The van der Waals surface area contributed by atoms with Crippen molar-refractivity contribution in [3.63, 3.8) is 0 Å². The van der Waals surface area contributed by atoms with Crippen molar-refractivity contribution in [3.8, 4) is 11.5 Å². The molecule has 22 heavy (non-hydrogen) atoms. The molecule has 0 aliphatic carbocycles. The number of aryl methyl sites for hydroxylation is 1. The summed E-state index contributed by atoms with van der Waals surface area (Å²) in [7, 11) is 0. The zero-order valence-corrected chi connectivity index (χ0v) is 12.3. The maximum atomic E-state index is 13.2. The van der Waals surface area contributed by atoms with E-state index >= 15 is 0 Å². The highest BCUT2D eigenvalue weighted by Gasteiger charge is 2.44. The lowest BCUT2D eigenvalue weighted by molar-refractivity contribution is -0.286. The van der Waals surface area contributed by atoms with Crippen molar-refractivity contribution in [3.05, 3.63) is 40.1 Å². The highest BCUT2D eigenvalue weighted by Crippen LogP contribution is 2.43. The molecule has 0 bridgehead atoms. The summed E-state index contributed by atoms with van der Waals surface area (Å²) in [6, 6.07) is 4.50. The average molecular weight is 311 g/mol. The van der Waals surface area contributed by atoms with Crippen LogP contribution in [-0.2, 0) is 6.54 Å². The highest BCUT2D eigenvalue weighted by atomic mass is 19.3. The van der Waals surface area contributed by atoms with Crippen LogP contribution in [0.1, 0.15) is 31.3 Å². The summed E-state index contributed by atoms with van der Waals surface area (Å²) >= 11 is 0. The van der Waals surface area contributed by atoms with Crippen LogP contribution in [0.2, 0.25) is 0 Å². The number of hydrogen-bond acceptors (Lipinski definition) is 4. The van der Waals surface area contributed by atoms with E-state index in [1.807, 2.05) is 13.8 Å². The number of ether oxygens (including phenoxy) is 2. The Morgan fingerprint density at radius 3 is 2.68 bits per heavy atom. The Bertz CT molecular complexity index is 780. The van der Waals surface area contributed by atoms with E-state index in [0.717, 1.165) is 0 Å². The van der Waals surface area contributed by atoms with Gasteiger partial charge in [-0.3, -0.25) is 4.57 Å². The smallest absolute Gasteiger partial charge is 0.395 e. The van der Waals surface area contributed by atoms with Crippen LogP contribution in [0.4, 0.5) is 8.78 Å². The lowest BCUT2D eigenvalue weighted by Crippen LogP contribution is -2.27. The van der Waals surface area contributed by atoms with Gasteiger partial charge in [-0.05, 0) is 26.8 Å². The van der Waals surface area contributed by atoms with Gasteiger partial charge >= 0.3 is 12.0 Å². The molecular weight excluding hydrogens is 296 g/mol. The first-order valence-electron chi connectivity index (χ1n) is 6.82. The number of aromatic nitrogens is 3. The van der Waals surface area contributed by atoms with Gasteiger partial charge in [0.05, 0.1) is 12.6 Å².